The molecule has 0 saturated carbocycles. The number of aryl methyl sites for hydroxylation is 1. The van der Waals surface area contributed by atoms with E-state index in [4.69, 9.17) is 9.47 Å². The molecule has 0 aliphatic carbocycles. The van der Waals surface area contributed by atoms with Gasteiger partial charge in [-0.15, -0.1) is 0 Å². The summed E-state index contributed by atoms with van der Waals surface area (Å²) in [6.45, 7) is 1.40. The number of hydrogen-bond acceptors (Lipinski definition) is 5. The van der Waals surface area contributed by atoms with E-state index in [0.29, 0.717) is 41.6 Å². The lowest BCUT2D eigenvalue weighted by Gasteiger charge is -2.20. The highest BCUT2D eigenvalue weighted by Gasteiger charge is 2.20. The van der Waals surface area contributed by atoms with E-state index in [1.807, 2.05) is 12.1 Å². The molecule has 0 N–H and O–H groups in total. The van der Waals surface area contributed by atoms with Gasteiger partial charge in [-0.1, -0.05) is 15.9 Å². The highest BCUT2D eigenvalue weighted by Crippen LogP contribution is 2.36. The van der Waals surface area contributed by atoms with E-state index in [0.717, 1.165) is 14.6 Å². The molecule has 10 heteroatoms. The van der Waals surface area contributed by atoms with Crippen LogP contribution < -0.4 is 20.7 Å². The highest BCUT2D eigenvalue weighted by atomic mass is 79.9. The third-order valence-electron chi connectivity index (χ3n) is 4.33. The van der Waals surface area contributed by atoms with Crippen molar-refractivity contribution in [2.24, 2.45) is 14.1 Å². The number of ether oxygens (including phenoxy) is 2. The average Bonchev–Trinajstić information content (AvgIpc) is 2.95. The summed E-state index contributed by atoms with van der Waals surface area (Å²) in [5.74, 6) is 1.35. The normalized spacial score (nSPS) is 13.4. The second kappa shape index (κ2) is 6.27. The zero-order chi connectivity index (χ0) is 18.6. The number of halogens is 2. The van der Waals surface area contributed by atoms with Gasteiger partial charge in [0.05, 0.1) is 6.54 Å². The van der Waals surface area contributed by atoms with Crippen LogP contribution in [0.3, 0.4) is 0 Å². The third-order valence-corrected chi connectivity index (χ3v) is 5.68. The van der Waals surface area contributed by atoms with Gasteiger partial charge in [-0.05, 0) is 33.6 Å². The van der Waals surface area contributed by atoms with Crippen LogP contribution in [0.2, 0.25) is 0 Å². The first-order chi connectivity index (χ1) is 12.4. The van der Waals surface area contributed by atoms with Gasteiger partial charge in [-0.25, -0.2) is 9.78 Å². The molecule has 0 fully saturated rings. The lowest BCUT2D eigenvalue weighted by Crippen LogP contribution is -2.37. The Labute approximate surface area is 164 Å². The fraction of sp³-hybridized carbons (Fsp3) is 0.312. The van der Waals surface area contributed by atoms with E-state index in [1.165, 1.54) is 11.6 Å². The maximum absolute atomic E-state index is 12.4. The third kappa shape index (κ3) is 2.59. The second-order valence-electron chi connectivity index (χ2n) is 5.93. The lowest BCUT2D eigenvalue weighted by molar-refractivity contribution is 0.171. The Morgan fingerprint density at radius 3 is 2.42 bits per heavy atom. The molecule has 0 atom stereocenters. The molecule has 1 aliphatic rings. The van der Waals surface area contributed by atoms with Crippen LogP contribution in [0, 0.1) is 0 Å². The number of fused-ring (bicyclic) bond motifs is 2. The molecule has 1 aromatic carbocycles. The lowest BCUT2D eigenvalue weighted by atomic mass is 10.2. The molecule has 0 spiro atoms. The highest BCUT2D eigenvalue weighted by molar-refractivity contribution is 9.10. The van der Waals surface area contributed by atoms with Crippen LogP contribution in [0.25, 0.3) is 11.2 Å². The van der Waals surface area contributed by atoms with Crippen LogP contribution in [0.1, 0.15) is 5.56 Å². The molecule has 0 saturated heterocycles. The minimum absolute atomic E-state index is 0.232. The molecule has 3 aromatic rings. The number of aromatic nitrogens is 4. The molecule has 0 radical (unpaired) electrons. The summed E-state index contributed by atoms with van der Waals surface area (Å²) < 4.78 is 16.8. The van der Waals surface area contributed by atoms with Crippen LogP contribution in [0.15, 0.2) is 30.9 Å². The predicted octanol–water partition coefficient (Wildman–Crippen LogP) is 1.78. The van der Waals surface area contributed by atoms with Crippen molar-refractivity contribution in [1.82, 2.24) is 18.7 Å². The molecule has 0 bridgehead atoms. The van der Waals surface area contributed by atoms with E-state index in [2.05, 4.69) is 36.8 Å². The minimum Gasteiger partial charge on any atom is -0.486 e. The Kier molecular flexibility index (Phi) is 4.19. The molecular formula is C16H14Br2N4O4. The molecule has 1 aliphatic heterocycles. The largest absolute Gasteiger partial charge is 0.486 e. The number of imidazole rings is 1. The molecular weight excluding hydrogens is 472 g/mol. The van der Waals surface area contributed by atoms with Crippen molar-refractivity contribution >= 4 is 43.0 Å². The Morgan fingerprint density at radius 1 is 1.08 bits per heavy atom. The summed E-state index contributed by atoms with van der Waals surface area (Å²) in [4.78, 5) is 29.0. The van der Waals surface area contributed by atoms with Crippen molar-refractivity contribution in [3.05, 3.63) is 47.7 Å². The van der Waals surface area contributed by atoms with Crippen LogP contribution in [0.4, 0.5) is 0 Å². The summed E-state index contributed by atoms with van der Waals surface area (Å²) in [6.07, 6.45) is 0. The van der Waals surface area contributed by atoms with Gasteiger partial charge in [0, 0.05) is 18.6 Å². The van der Waals surface area contributed by atoms with E-state index < -0.39 is 11.2 Å². The summed E-state index contributed by atoms with van der Waals surface area (Å²) in [6, 6.07) is 3.74. The molecule has 8 nitrogen and oxygen atoms in total. The van der Waals surface area contributed by atoms with E-state index in [1.54, 1.807) is 11.6 Å². The van der Waals surface area contributed by atoms with Crippen molar-refractivity contribution in [1.29, 1.82) is 0 Å². The number of hydrogen-bond donors (Lipinski definition) is 0. The Morgan fingerprint density at radius 2 is 1.73 bits per heavy atom. The van der Waals surface area contributed by atoms with Crippen LogP contribution >= 0.6 is 31.9 Å². The van der Waals surface area contributed by atoms with Crippen LogP contribution in [-0.2, 0) is 20.6 Å². The Balaban J connectivity index is 1.90. The molecule has 3 heterocycles. The van der Waals surface area contributed by atoms with Gasteiger partial charge in [0.15, 0.2) is 27.4 Å². The topological polar surface area (TPSA) is 80.3 Å². The Hall–Kier alpha value is -2.07. The van der Waals surface area contributed by atoms with E-state index >= 15 is 0 Å². The molecule has 26 heavy (non-hydrogen) atoms. The average molecular weight is 486 g/mol. The maximum atomic E-state index is 12.4. The van der Waals surface area contributed by atoms with Crippen LogP contribution in [-0.4, -0.2) is 31.9 Å². The summed E-state index contributed by atoms with van der Waals surface area (Å²) in [5.41, 5.74) is 0.755. The predicted molar refractivity (Wildman–Crippen MR) is 102 cm³/mol. The standard InChI is InChI=1S/C16H14Br2N4O4/c1-20-13-12(14(23)21(2)16(20)24)19-15(18)22(13)7-8-5-10-11(6-9(8)17)26-4-3-25-10/h5-6H,3-4,7H2,1-2H3. The fourth-order valence-corrected chi connectivity index (χ4v) is 3.92. The first-order valence-electron chi connectivity index (χ1n) is 7.78. The fourth-order valence-electron chi connectivity index (χ4n) is 3.00. The summed E-state index contributed by atoms with van der Waals surface area (Å²) in [7, 11) is 3.06. The molecule has 0 amide bonds. The molecule has 0 unspecified atom stereocenters. The van der Waals surface area contributed by atoms with Crippen molar-refractivity contribution in [2.75, 3.05) is 13.2 Å². The maximum Gasteiger partial charge on any atom is 0.332 e. The molecule has 4 rings (SSSR count). The molecule has 2 aromatic heterocycles. The van der Waals surface area contributed by atoms with Gasteiger partial charge in [-0.2, -0.15) is 0 Å². The SMILES string of the molecule is Cn1c(=O)c2nc(Br)n(Cc3cc4c(cc3Br)OCCO4)c2n(C)c1=O. The second-order valence-corrected chi connectivity index (χ2v) is 7.50. The number of nitrogens with zero attached hydrogens (tertiary/aromatic N) is 4. The number of benzene rings is 1. The van der Waals surface area contributed by atoms with Gasteiger partial charge >= 0.3 is 5.69 Å². The van der Waals surface area contributed by atoms with Gasteiger partial charge in [-0.3, -0.25) is 18.5 Å². The first kappa shape index (κ1) is 17.3. The van der Waals surface area contributed by atoms with Crippen molar-refractivity contribution < 1.29 is 9.47 Å². The smallest absolute Gasteiger partial charge is 0.332 e. The van der Waals surface area contributed by atoms with Crippen molar-refractivity contribution in [3.63, 3.8) is 0 Å². The van der Waals surface area contributed by atoms with E-state index in [9.17, 15) is 9.59 Å². The van der Waals surface area contributed by atoms with Crippen LogP contribution in [0.5, 0.6) is 11.5 Å². The first-order valence-corrected chi connectivity index (χ1v) is 9.37. The zero-order valence-corrected chi connectivity index (χ0v) is 17.1. The van der Waals surface area contributed by atoms with E-state index in [-0.39, 0.29) is 5.52 Å². The van der Waals surface area contributed by atoms with Gasteiger partial charge in [0.2, 0.25) is 0 Å². The molecule has 136 valence electrons. The monoisotopic (exact) mass is 484 g/mol. The Bertz CT molecular complexity index is 1160. The zero-order valence-electron chi connectivity index (χ0n) is 14.0. The van der Waals surface area contributed by atoms with Gasteiger partial charge < -0.3 is 9.47 Å². The summed E-state index contributed by atoms with van der Waals surface area (Å²) in [5, 5.41) is 0. The minimum atomic E-state index is -0.427. The quantitative estimate of drug-likeness (QED) is 0.517. The number of rotatable bonds is 2. The summed E-state index contributed by atoms with van der Waals surface area (Å²) >= 11 is 6.95. The van der Waals surface area contributed by atoms with Crippen molar-refractivity contribution in [2.45, 2.75) is 6.54 Å². The van der Waals surface area contributed by atoms with Gasteiger partial charge in [0.1, 0.15) is 13.2 Å². The van der Waals surface area contributed by atoms with Gasteiger partial charge in [0.25, 0.3) is 5.56 Å². The van der Waals surface area contributed by atoms with Crippen molar-refractivity contribution in [3.8, 4) is 11.5 Å².